The van der Waals surface area contributed by atoms with Crippen LogP contribution < -0.4 is 4.72 Å². The smallest absolute Gasteiger partial charge is 0.303 e. The van der Waals surface area contributed by atoms with Crippen LogP contribution in [0.5, 0.6) is 0 Å². The van der Waals surface area contributed by atoms with Crippen molar-refractivity contribution in [2.24, 2.45) is 4.99 Å². The van der Waals surface area contributed by atoms with E-state index in [0.29, 0.717) is 6.54 Å². The number of sulfonamides is 1. The topological polar surface area (TPSA) is 182 Å². The summed E-state index contributed by atoms with van der Waals surface area (Å²) in [5.74, 6) is -2.83. The number of carbonyl (C=O) groups excluding carboxylic acids is 4. The minimum atomic E-state index is -3.95. The third kappa shape index (κ3) is 11.9. The molecule has 1 aromatic carbocycles. The van der Waals surface area contributed by atoms with E-state index in [-0.39, 0.29) is 23.8 Å². The van der Waals surface area contributed by atoms with Crippen LogP contribution in [0.2, 0.25) is 0 Å². The van der Waals surface area contributed by atoms with Gasteiger partial charge in [-0.25, -0.2) is 8.42 Å². The summed E-state index contributed by atoms with van der Waals surface area (Å²) in [5.41, 5.74) is 0.897. The number of unbranched alkanes of at least 4 members (excludes halogenated alkanes) is 1. The van der Waals surface area contributed by atoms with Gasteiger partial charge in [0.25, 0.3) is 10.0 Å². The molecule has 1 aliphatic rings. The first-order chi connectivity index (χ1) is 20.2. The molecule has 14 nitrogen and oxygen atoms in total. The van der Waals surface area contributed by atoms with Crippen LogP contribution in [-0.2, 0) is 57.6 Å². The van der Waals surface area contributed by atoms with Gasteiger partial charge in [0.1, 0.15) is 18.5 Å². The highest BCUT2D eigenvalue weighted by Gasteiger charge is 2.52. The van der Waals surface area contributed by atoms with Crippen molar-refractivity contribution in [3.8, 4) is 0 Å². The minimum absolute atomic E-state index is 0.0261. The van der Waals surface area contributed by atoms with Crippen molar-refractivity contribution in [1.82, 2.24) is 4.72 Å². The van der Waals surface area contributed by atoms with Crippen molar-refractivity contribution >= 4 is 39.7 Å². The molecule has 0 saturated carbocycles. The highest BCUT2D eigenvalue weighted by molar-refractivity contribution is 7.90. The van der Waals surface area contributed by atoms with Crippen molar-refractivity contribution in [2.75, 3.05) is 19.8 Å². The Hall–Kier alpha value is -3.56. The van der Waals surface area contributed by atoms with E-state index < -0.39 is 71.2 Å². The van der Waals surface area contributed by atoms with E-state index in [2.05, 4.69) is 9.71 Å². The Morgan fingerprint density at radius 3 is 2.02 bits per heavy atom. The molecule has 0 bridgehead atoms. The molecule has 1 N–H and O–H groups in total. The Kier molecular flexibility index (Phi) is 14.0. The fraction of sp³-hybridized carbons (Fsp3) is 0.607. The van der Waals surface area contributed by atoms with Gasteiger partial charge in [0.15, 0.2) is 24.6 Å². The minimum Gasteiger partial charge on any atom is -0.463 e. The van der Waals surface area contributed by atoms with Crippen LogP contribution in [0.4, 0.5) is 0 Å². The van der Waals surface area contributed by atoms with Gasteiger partial charge in [-0.2, -0.15) is 0 Å². The van der Waals surface area contributed by atoms with Gasteiger partial charge in [0.2, 0.25) is 0 Å². The van der Waals surface area contributed by atoms with Crippen molar-refractivity contribution in [2.45, 2.75) is 96.4 Å². The van der Waals surface area contributed by atoms with E-state index in [9.17, 15) is 27.6 Å². The number of amidine groups is 1. The first kappa shape index (κ1) is 35.6. The predicted molar refractivity (Wildman–Crippen MR) is 151 cm³/mol. The Morgan fingerprint density at radius 1 is 0.884 bits per heavy atom. The fourth-order valence-corrected chi connectivity index (χ4v) is 5.15. The van der Waals surface area contributed by atoms with E-state index in [0.717, 1.165) is 39.2 Å². The zero-order valence-corrected chi connectivity index (χ0v) is 26.0. The van der Waals surface area contributed by atoms with Crippen LogP contribution in [0, 0.1) is 6.92 Å². The molecule has 0 unspecified atom stereocenters. The SMILES string of the molecule is CCCCN=C(CCO[C@@H]1O[C@H](COC(C)=O)[C@@H](OC(C)=O)[C@H](OC(C)=O)[C@H]1OC(C)=O)NS(=O)(=O)c1ccc(C)cc1. The van der Waals surface area contributed by atoms with Crippen LogP contribution in [-0.4, -0.2) is 88.6 Å². The second-order valence-electron chi connectivity index (χ2n) is 9.79. The van der Waals surface area contributed by atoms with Crippen LogP contribution in [0.25, 0.3) is 0 Å². The number of nitrogens with zero attached hydrogens (tertiary/aromatic N) is 1. The molecule has 0 spiro atoms. The number of hydrogen-bond donors (Lipinski definition) is 1. The van der Waals surface area contributed by atoms with E-state index in [4.69, 9.17) is 28.4 Å². The summed E-state index contributed by atoms with van der Waals surface area (Å²) in [7, 11) is -3.95. The lowest BCUT2D eigenvalue weighted by molar-refractivity contribution is -0.307. The van der Waals surface area contributed by atoms with Crippen LogP contribution in [0.3, 0.4) is 0 Å². The highest BCUT2D eigenvalue weighted by atomic mass is 32.2. The van der Waals surface area contributed by atoms with Crippen molar-refractivity contribution in [1.29, 1.82) is 0 Å². The number of carbonyl (C=O) groups is 4. The first-order valence-corrected chi connectivity index (χ1v) is 15.3. The average Bonchev–Trinajstić information content (AvgIpc) is 2.90. The van der Waals surface area contributed by atoms with Crippen LogP contribution in [0.1, 0.15) is 59.4 Å². The zero-order chi connectivity index (χ0) is 32.2. The molecule has 0 radical (unpaired) electrons. The van der Waals surface area contributed by atoms with Crippen LogP contribution >= 0.6 is 0 Å². The van der Waals surface area contributed by atoms with E-state index in [1.165, 1.54) is 19.1 Å². The summed E-state index contributed by atoms with van der Waals surface area (Å²) in [6, 6.07) is 6.32. The van der Waals surface area contributed by atoms with Crippen molar-refractivity contribution in [3.05, 3.63) is 29.8 Å². The molecule has 1 fully saturated rings. The monoisotopic (exact) mass is 628 g/mol. The number of hydrogen-bond acceptors (Lipinski definition) is 13. The summed E-state index contributed by atoms with van der Waals surface area (Å²) >= 11 is 0. The predicted octanol–water partition coefficient (Wildman–Crippen LogP) is 1.96. The third-order valence-electron chi connectivity index (χ3n) is 5.97. The molecule has 43 heavy (non-hydrogen) atoms. The number of aryl methyl sites for hydroxylation is 1. The maximum absolute atomic E-state index is 13.0. The Labute approximate surface area is 251 Å². The number of esters is 4. The van der Waals surface area contributed by atoms with Gasteiger partial charge >= 0.3 is 23.9 Å². The number of aliphatic imine (C=N–C) groups is 1. The average molecular weight is 629 g/mol. The lowest BCUT2D eigenvalue weighted by Crippen LogP contribution is -2.63. The number of ether oxygens (including phenoxy) is 6. The Balaban J connectivity index is 2.32. The standard InChI is InChI=1S/C28H40N2O12S/c1-7-8-14-29-24(30-43(35,36)22-11-9-17(2)10-12-22)13-15-37-28-27(41-21(6)34)26(40-20(5)33)25(39-19(4)32)23(42-28)16-38-18(3)31/h9-12,23,25-28H,7-8,13-16H2,1-6H3,(H,29,30)/t23-,25-,26+,27-,28-/m1/s1. The highest BCUT2D eigenvalue weighted by Crippen LogP contribution is 2.30. The van der Waals surface area contributed by atoms with Crippen molar-refractivity contribution < 1.29 is 56.0 Å². The Bertz CT molecular complexity index is 1250. The quantitative estimate of drug-likeness (QED) is 0.104. The molecular formula is C28H40N2O12S. The second-order valence-corrected chi connectivity index (χ2v) is 11.5. The number of rotatable bonds is 14. The largest absolute Gasteiger partial charge is 0.463 e. The zero-order valence-electron chi connectivity index (χ0n) is 25.2. The molecule has 1 saturated heterocycles. The molecule has 240 valence electrons. The Morgan fingerprint density at radius 2 is 1.47 bits per heavy atom. The van der Waals surface area contributed by atoms with E-state index in [1.807, 2.05) is 13.8 Å². The maximum Gasteiger partial charge on any atom is 0.303 e. The van der Waals surface area contributed by atoms with Gasteiger partial charge in [0.05, 0.1) is 11.5 Å². The molecule has 2 rings (SSSR count). The van der Waals surface area contributed by atoms with E-state index in [1.54, 1.807) is 12.1 Å². The molecule has 5 atom stereocenters. The summed E-state index contributed by atoms with van der Waals surface area (Å²) in [6.07, 6.45) is -5.15. The molecule has 1 heterocycles. The van der Waals surface area contributed by atoms with Crippen LogP contribution in [0.15, 0.2) is 34.2 Å². The lowest BCUT2D eigenvalue weighted by Gasteiger charge is -2.44. The van der Waals surface area contributed by atoms with Gasteiger partial charge in [-0.1, -0.05) is 31.0 Å². The molecule has 1 aliphatic heterocycles. The van der Waals surface area contributed by atoms with Gasteiger partial charge < -0.3 is 28.4 Å². The number of nitrogens with one attached hydrogen (secondary N) is 1. The summed E-state index contributed by atoms with van der Waals surface area (Å²) in [5, 5.41) is 0. The molecule has 0 aliphatic carbocycles. The summed E-state index contributed by atoms with van der Waals surface area (Å²) in [4.78, 5) is 51.9. The third-order valence-corrected chi connectivity index (χ3v) is 7.36. The number of benzene rings is 1. The molecule has 1 aromatic rings. The van der Waals surface area contributed by atoms with Gasteiger partial charge in [-0.15, -0.1) is 0 Å². The normalized spacial score (nSPS) is 22.3. The molecule has 0 amide bonds. The first-order valence-electron chi connectivity index (χ1n) is 13.8. The lowest BCUT2D eigenvalue weighted by atomic mass is 9.98. The molecule has 0 aromatic heterocycles. The molecule has 15 heteroatoms. The van der Waals surface area contributed by atoms with Gasteiger partial charge in [-0.05, 0) is 25.5 Å². The molecular weight excluding hydrogens is 588 g/mol. The summed E-state index contributed by atoms with van der Waals surface area (Å²) in [6.45, 7) is 8.10. The second kappa shape index (κ2) is 16.9. The maximum atomic E-state index is 13.0. The summed E-state index contributed by atoms with van der Waals surface area (Å²) < 4.78 is 61.5. The van der Waals surface area contributed by atoms with E-state index >= 15 is 0 Å². The fourth-order valence-electron chi connectivity index (χ4n) is 4.06. The van der Waals surface area contributed by atoms with Gasteiger partial charge in [-0.3, -0.25) is 28.9 Å². The van der Waals surface area contributed by atoms with Gasteiger partial charge in [0, 0.05) is 40.7 Å². The van der Waals surface area contributed by atoms with Crippen molar-refractivity contribution in [3.63, 3.8) is 0 Å².